The Labute approximate surface area is 253 Å². The minimum atomic E-state index is 0.0114. The lowest BCUT2D eigenvalue weighted by molar-refractivity contribution is 0.00363. The van der Waals surface area contributed by atoms with Crippen LogP contribution in [-0.2, 0) is 14.2 Å². The zero-order valence-corrected chi connectivity index (χ0v) is 25.0. The van der Waals surface area contributed by atoms with Crippen LogP contribution in [-0.4, -0.2) is 108 Å². The molecule has 2 N–H and O–H groups in total. The highest BCUT2D eigenvalue weighted by Crippen LogP contribution is 2.35. The zero-order valence-electron chi connectivity index (χ0n) is 25.0. The maximum absolute atomic E-state index is 9.38. The van der Waals surface area contributed by atoms with Crippen molar-refractivity contribution in [2.24, 2.45) is 0 Å². The Morgan fingerprint density at radius 3 is 2.28 bits per heavy atom. The smallest absolute Gasteiger partial charge is 0.144 e. The molecule has 0 bridgehead atoms. The third-order valence-corrected chi connectivity index (χ3v) is 6.94. The number of aliphatic hydroxyl groups excluding tert-OH is 1. The van der Waals surface area contributed by atoms with E-state index in [4.69, 9.17) is 28.8 Å². The van der Waals surface area contributed by atoms with E-state index in [0.717, 1.165) is 54.4 Å². The van der Waals surface area contributed by atoms with E-state index in [9.17, 15) is 5.26 Å². The number of piperazine rings is 1. The molecule has 0 unspecified atom stereocenters. The number of aromatic nitrogens is 1. The van der Waals surface area contributed by atoms with Gasteiger partial charge in [0.15, 0.2) is 0 Å². The van der Waals surface area contributed by atoms with Crippen molar-refractivity contribution in [1.82, 2.24) is 9.88 Å². The second kappa shape index (κ2) is 17.3. The van der Waals surface area contributed by atoms with Crippen molar-refractivity contribution in [3.05, 3.63) is 60.3 Å². The molecule has 0 atom stereocenters. The number of nitrogens with one attached hydrogen (secondary N) is 1. The fourth-order valence-corrected chi connectivity index (χ4v) is 4.65. The summed E-state index contributed by atoms with van der Waals surface area (Å²) < 4.78 is 28.1. The molecule has 1 aromatic heterocycles. The number of likely N-dealkylation sites (N-methyl/N-ethyl adjacent to an activating group) is 1. The number of benzene rings is 2. The van der Waals surface area contributed by atoms with Crippen LogP contribution in [0.15, 0.2) is 54.7 Å². The Morgan fingerprint density at radius 1 is 0.860 bits per heavy atom. The van der Waals surface area contributed by atoms with Crippen LogP contribution in [0, 0.1) is 11.3 Å². The van der Waals surface area contributed by atoms with Crippen molar-refractivity contribution in [2.75, 3.05) is 103 Å². The molecule has 43 heavy (non-hydrogen) atoms. The monoisotopic (exact) mass is 591 g/mol. The summed E-state index contributed by atoms with van der Waals surface area (Å²) in [5.41, 5.74) is 4.15. The van der Waals surface area contributed by atoms with Crippen LogP contribution in [0.1, 0.15) is 5.56 Å². The van der Waals surface area contributed by atoms with Gasteiger partial charge in [0.1, 0.15) is 23.9 Å². The molecule has 2 aromatic carbocycles. The van der Waals surface area contributed by atoms with E-state index >= 15 is 0 Å². The summed E-state index contributed by atoms with van der Waals surface area (Å²) in [6.07, 6.45) is 1.73. The van der Waals surface area contributed by atoms with E-state index in [2.05, 4.69) is 39.3 Å². The highest BCUT2D eigenvalue weighted by Gasteiger charge is 2.19. The minimum Gasteiger partial charge on any atom is -0.496 e. The number of pyridine rings is 1. The van der Waals surface area contributed by atoms with E-state index in [1.807, 2.05) is 30.3 Å². The molecule has 11 heteroatoms. The first kappa shape index (κ1) is 32.0. The number of hydrogen-bond donors (Lipinski definition) is 2. The van der Waals surface area contributed by atoms with Gasteiger partial charge in [-0.3, -0.25) is 0 Å². The second-order valence-electron chi connectivity index (χ2n) is 9.96. The fraction of sp³-hybridized carbons (Fsp3) is 0.438. The largest absolute Gasteiger partial charge is 0.496 e. The molecule has 0 saturated carbocycles. The molecule has 0 aliphatic carbocycles. The van der Waals surface area contributed by atoms with Crippen molar-refractivity contribution < 1.29 is 28.8 Å². The molecule has 3 aromatic rings. The first-order chi connectivity index (χ1) is 21.1. The number of hydrogen-bond acceptors (Lipinski definition) is 11. The van der Waals surface area contributed by atoms with E-state index in [-0.39, 0.29) is 6.61 Å². The lowest BCUT2D eigenvalue weighted by Crippen LogP contribution is -2.44. The maximum Gasteiger partial charge on any atom is 0.144 e. The third kappa shape index (κ3) is 9.81. The van der Waals surface area contributed by atoms with Gasteiger partial charge in [-0.25, -0.2) is 4.98 Å². The van der Waals surface area contributed by atoms with Crippen molar-refractivity contribution in [3.8, 4) is 28.7 Å². The standard InChI is InChI=1S/C32H41N5O6/c1-36-9-11-37(12-10-36)29-5-4-27(23-31(29)43-20-19-42-18-17-41-16-15-40-14-13-38)35-32-22-26(7-8-34-32)28-21-25(24-33)3-6-30(28)39-2/h3-8,21-23,38H,9-20H2,1-2H3,(H,34,35). The second-order valence-corrected chi connectivity index (χ2v) is 9.96. The van der Waals surface area contributed by atoms with Crippen molar-refractivity contribution in [2.45, 2.75) is 0 Å². The molecule has 0 radical (unpaired) electrons. The van der Waals surface area contributed by atoms with Crippen molar-refractivity contribution in [3.63, 3.8) is 0 Å². The summed E-state index contributed by atoms with van der Waals surface area (Å²) >= 11 is 0. The third-order valence-electron chi connectivity index (χ3n) is 6.94. The molecule has 1 saturated heterocycles. The normalized spacial score (nSPS) is 13.5. The van der Waals surface area contributed by atoms with Crippen LogP contribution in [0.4, 0.5) is 17.2 Å². The topological polar surface area (TPSA) is 122 Å². The molecule has 1 fully saturated rings. The number of methoxy groups -OCH3 is 1. The summed E-state index contributed by atoms with van der Waals surface area (Å²) in [6, 6.07) is 17.5. The first-order valence-corrected chi connectivity index (χ1v) is 14.5. The number of rotatable bonds is 17. The van der Waals surface area contributed by atoms with Crippen LogP contribution in [0.2, 0.25) is 0 Å². The highest BCUT2D eigenvalue weighted by molar-refractivity contribution is 5.75. The Balaban J connectivity index is 1.40. The minimum absolute atomic E-state index is 0.0114. The molecule has 0 amide bonds. The molecule has 1 aliphatic heterocycles. The lowest BCUT2D eigenvalue weighted by atomic mass is 10.0. The molecule has 4 rings (SSSR count). The average molecular weight is 592 g/mol. The van der Waals surface area contributed by atoms with Gasteiger partial charge in [0.2, 0.25) is 0 Å². The number of nitrogens with zero attached hydrogens (tertiary/aromatic N) is 4. The van der Waals surface area contributed by atoms with Gasteiger partial charge in [0, 0.05) is 49.7 Å². The summed E-state index contributed by atoms with van der Waals surface area (Å²) in [7, 11) is 3.75. The van der Waals surface area contributed by atoms with Gasteiger partial charge < -0.3 is 43.9 Å². The Kier molecular flexibility index (Phi) is 12.8. The van der Waals surface area contributed by atoms with Crippen LogP contribution >= 0.6 is 0 Å². The Hall–Kier alpha value is -3.92. The van der Waals surface area contributed by atoms with Crippen LogP contribution in [0.3, 0.4) is 0 Å². The van der Waals surface area contributed by atoms with Gasteiger partial charge in [0.25, 0.3) is 0 Å². The summed E-state index contributed by atoms with van der Waals surface area (Å²) in [4.78, 5) is 9.18. The van der Waals surface area contributed by atoms with E-state index in [1.54, 1.807) is 25.4 Å². The molecule has 2 heterocycles. The van der Waals surface area contributed by atoms with Gasteiger partial charge in [-0.2, -0.15) is 5.26 Å². The number of aliphatic hydroxyl groups is 1. The molecule has 0 spiro atoms. The van der Waals surface area contributed by atoms with Crippen molar-refractivity contribution >= 4 is 17.2 Å². The van der Waals surface area contributed by atoms with Gasteiger partial charge in [-0.15, -0.1) is 0 Å². The Bertz CT molecular complexity index is 1330. The van der Waals surface area contributed by atoms with Crippen molar-refractivity contribution in [1.29, 1.82) is 5.26 Å². The molecule has 1 aliphatic rings. The Morgan fingerprint density at radius 2 is 1.58 bits per heavy atom. The fourth-order valence-electron chi connectivity index (χ4n) is 4.65. The molecular weight excluding hydrogens is 550 g/mol. The SMILES string of the molecule is COc1ccc(C#N)cc1-c1ccnc(Nc2ccc(N3CCN(C)CC3)c(OCCOCCOCCOCCO)c2)c1. The maximum atomic E-state index is 9.38. The van der Waals surface area contributed by atoms with Gasteiger partial charge in [-0.05, 0) is 55.1 Å². The average Bonchev–Trinajstić information content (AvgIpc) is 3.04. The lowest BCUT2D eigenvalue weighted by Gasteiger charge is -2.35. The first-order valence-electron chi connectivity index (χ1n) is 14.5. The van der Waals surface area contributed by atoms with Gasteiger partial charge in [0.05, 0.1) is 70.7 Å². The number of ether oxygens (including phenoxy) is 5. The number of anilines is 3. The van der Waals surface area contributed by atoms with E-state index in [0.29, 0.717) is 63.4 Å². The van der Waals surface area contributed by atoms with Crippen LogP contribution in [0.25, 0.3) is 11.1 Å². The molecular formula is C32H41N5O6. The van der Waals surface area contributed by atoms with Gasteiger partial charge in [-0.1, -0.05) is 0 Å². The van der Waals surface area contributed by atoms with Crippen LogP contribution in [0.5, 0.6) is 11.5 Å². The van der Waals surface area contributed by atoms with E-state index < -0.39 is 0 Å². The van der Waals surface area contributed by atoms with Crippen LogP contribution < -0.4 is 19.7 Å². The number of nitriles is 1. The predicted molar refractivity (Wildman–Crippen MR) is 165 cm³/mol. The van der Waals surface area contributed by atoms with E-state index in [1.165, 1.54) is 0 Å². The molecule has 11 nitrogen and oxygen atoms in total. The summed E-state index contributed by atoms with van der Waals surface area (Å²) in [5, 5.41) is 21.5. The van der Waals surface area contributed by atoms with Gasteiger partial charge >= 0.3 is 0 Å². The highest BCUT2D eigenvalue weighted by atomic mass is 16.6. The predicted octanol–water partition coefficient (Wildman–Crippen LogP) is 3.55. The summed E-state index contributed by atoms with van der Waals surface area (Å²) in [6.45, 7) is 6.80. The molecule has 230 valence electrons. The zero-order chi connectivity index (χ0) is 30.3. The summed E-state index contributed by atoms with van der Waals surface area (Å²) in [5.74, 6) is 2.12. The quantitative estimate of drug-likeness (QED) is 0.224.